The largest absolute Gasteiger partial charge is 0.345 e. The van der Waals surface area contributed by atoms with Gasteiger partial charge in [-0.3, -0.25) is 19.1 Å². The van der Waals surface area contributed by atoms with E-state index in [1.165, 1.54) is 4.57 Å². The second kappa shape index (κ2) is 6.75. The second-order valence-electron chi connectivity index (χ2n) is 6.05. The van der Waals surface area contributed by atoms with Crippen LogP contribution in [0.4, 0.5) is 5.13 Å². The van der Waals surface area contributed by atoms with Crippen molar-refractivity contribution in [2.45, 2.75) is 6.54 Å². The summed E-state index contributed by atoms with van der Waals surface area (Å²) in [7, 11) is 0. The number of benzene rings is 1. The maximum absolute atomic E-state index is 12.7. The van der Waals surface area contributed by atoms with Crippen LogP contribution in [0.5, 0.6) is 0 Å². The fourth-order valence-electron chi connectivity index (χ4n) is 3.15. The lowest BCUT2D eigenvalue weighted by Gasteiger charge is -2.34. The summed E-state index contributed by atoms with van der Waals surface area (Å²) in [5.41, 5.74) is -0.536. The lowest BCUT2D eigenvalue weighted by molar-refractivity contribution is -0.132. The maximum atomic E-state index is 12.7. The molecule has 8 nitrogen and oxygen atoms in total. The Morgan fingerprint density at radius 1 is 1.15 bits per heavy atom. The number of rotatable bonds is 3. The molecule has 0 bridgehead atoms. The molecule has 9 heteroatoms. The first kappa shape index (κ1) is 16.5. The van der Waals surface area contributed by atoms with Gasteiger partial charge in [0.05, 0.1) is 10.9 Å². The molecule has 3 aromatic rings. The van der Waals surface area contributed by atoms with E-state index in [1.807, 2.05) is 5.38 Å². The van der Waals surface area contributed by atoms with Crippen LogP contribution >= 0.6 is 11.3 Å². The Kier molecular flexibility index (Phi) is 4.29. The smallest absolute Gasteiger partial charge is 0.329 e. The van der Waals surface area contributed by atoms with Gasteiger partial charge in [-0.05, 0) is 12.1 Å². The molecule has 0 unspecified atom stereocenters. The van der Waals surface area contributed by atoms with E-state index in [-0.39, 0.29) is 12.5 Å². The van der Waals surface area contributed by atoms with Crippen molar-refractivity contribution in [3.63, 3.8) is 0 Å². The van der Waals surface area contributed by atoms with Crippen molar-refractivity contribution in [1.82, 2.24) is 19.4 Å². The summed E-state index contributed by atoms with van der Waals surface area (Å²) in [4.78, 5) is 47.3. The zero-order chi connectivity index (χ0) is 18.1. The average Bonchev–Trinajstić information content (AvgIpc) is 3.20. The number of para-hydroxylation sites is 1. The van der Waals surface area contributed by atoms with Gasteiger partial charge in [-0.25, -0.2) is 9.78 Å². The van der Waals surface area contributed by atoms with Gasteiger partial charge in [0.1, 0.15) is 6.54 Å². The highest BCUT2D eigenvalue weighted by molar-refractivity contribution is 7.13. The fourth-order valence-corrected chi connectivity index (χ4v) is 3.85. The number of fused-ring (bicyclic) bond motifs is 1. The van der Waals surface area contributed by atoms with Gasteiger partial charge in [-0.15, -0.1) is 11.3 Å². The molecule has 1 N–H and O–H groups in total. The number of hydrogen-bond donors (Lipinski definition) is 1. The Bertz CT molecular complexity index is 1050. The Morgan fingerprint density at radius 3 is 2.65 bits per heavy atom. The highest BCUT2D eigenvalue weighted by atomic mass is 32.1. The number of aromatic amines is 1. The van der Waals surface area contributed by atoms with E-state index in [0.717, 1.165) is 5.13 Å². The number of carbonyl (C=O) groups is 1. The van der Waals surface area contributed by atoms with Crippen LogP contribution in [0, 0.1) is 0 Å². The van der Waals surface area contributed by atoms with Crippen LogP contribution in [0.3, 0.4) is 0 Å². The number of nitrogens with one attached hydrogen (secondary N) is 1. The Balaban J connectivity index is 1.52. The van der Waals surface area contributed by atoms with Gasteiger partial charge in [0.15, 0.2) is 5.13 Å². The molecule has 3 heterocycles. The van der Waals surface area contributed by atoms with Gasteiger partial charge in [0.2, 0.25) is 5.91 Å². The van der Waals surface area contributed by atoms with E-state index in [2.05, 4.69) is 14.9 Å². The second-order valence-corrected chi connectivity index (χ2v) is 6.92. The Labute approximate surface area is 152 Å². The van der Waals surface area contributed by atoms with Crippen LogP contribution < -0.4 is 16.1 Å². The first-order valence-corrected chi connectivity index (χ1v) is 9.15. The minimum absolute atomic E-state index is 0.0899. The van der Waals surface area contributed by atoms with Crippen molar-refractivity contribution in [3.8, 4) is 0 Å². The molecule has 0 radical (unpaired) electrons. The standard InChI is InChI=1S/C17H17N5O3S/c23-14(20-6-8-21(9-7-20)17-18-5-10-26-17)11-22-13-4-2-1-3-12(13)15(24)19-16(22)25/h1-5,10H,6-9,11H2,(H,19,24,25). The molecule has 1 amide bonds. The molecule has 1 aliphatic rings. The molecule has 1 saturated heterocycles. The summed E-state index contributed by atoms with van der Waals surface area (Å²) in [5.74, 6) is -0.136. The number of thiazole rings is 1. The monoisotopic (exact) mass is 371 g/mol. The zero-order valence-corrected chi connectivity index (χ0v) is 14.7. The van der Waals surface area contributed by atoms with Crippen LogP contribution in [0.15, 0.2) is 45.4 Å². The van der Waals surface area contributed by atoms with E-state index in [1.54, 1.807) is 46.7 Å². The zero-order valence-electron chi connectivity index (χ0n) is 13.9. The third-order valence-electron chi connectivity index (χ3n) is 4.52. The molecule has 2 aromatic heterocycles. The van der Waals surface area contributed by atoms with Crippen LogP contribution in [0.1, 0.15) is 0 Å². The number of H-pyrrole nitrogens is 1. The molecule has 0 aliphatic carbocycles. The first-order chi connectivity index (χ1) is 12.6. The van der Waals surface area contributed by atoms with Crippen molar-refractivity contribution < 1.29 is 4.79 Å². The highest BCUT2D eigenvalue weighted by Crippen LogP contribution is 2.19. The molecule has 0 spiro atoms. The topological polar surface area (TPSA) is 91.3 Å². The molecule has 1 fully saturated rings. The highest BCUT2D eigenvalue weighted by Gasteiger charge is 2.23. The third-order valence-corrected chi connectivity index (χ3v) is 5.35. The van der Waals surface area contributed by atoms with E-state index < -0.39 is 11.2 Å². The Hall–Kier alpha value is -2.94. The number of piperazine rings is 1. The maximum Gasteiger partial charge on any atom is 0.329 e. The SMILES string of the molecule is O=C(Cn1c(=O)[nH]c(=O)c2ccccc21)N1CCN(c2nccs2)CC1. The summed E-state index contributed by atoms with van der Waals surface area (Å²) in [6.07, 6.45) is 1.77. The molecule has 26 heavy (non-hydrogen) atoms. The summed E-state index contributed by atoms with van der Waals surface area (Å²) in [5, 5.41) is 3.29. The summed E-state index contributed by atoms with van der Waals surface area (Å²) >= 11 is 1.58. The quantitative estimate of drug-likeness (QED) is 0.724. The van der Waals surface area contributed by atoms with Gasteiger partial charge in [0.25, 0.3) is 5.56 Å². The van der Waals surface area contributed by atoms with Crippen molar-refractivity contribution >= 4 is 33.3 Å². The molecule has 134 valence electrons. The van der Waals surface area contributed by atoms with Crippen LogP contribution in [0.25, 0.3) is 10.9 Å². The first-order valence-electron chi connectivity index (χ1n) is 8.27. The number of aromatic nitrogens is 3. The van der Waals surface area contributed by atoms with E-state index >= 15 is 0 Å². The molecule has 0 saturated carbocycles. The minimum Gasteiger partial charge on any atom is -0.345 e. The van der Waals surface area contributed by atoms with E-state index in [4.69, 9.17) is 0 Å². The van der Waals surface area contributed by atoms with Gasteiger partial charge in [-0.1, -0.05) is 12.1 Å². The van der Waals surface area contributed by atoms with Gasteiger partial charge in [0, 0.05) is 37.8 Å². The minimum atomic E-state index is -0.566. The van der Waals surface area contributed by atoms with Crippen LogP contribution in [0.2, 0.25) is 0 Å². The third kappa shape index (κ3) is 3.01. The lowest BCUT2D eigenvalue weighted by atomic mass is 10.2. The number of anilines is 1. The lowest BCUT2D eigenvalue weighted by Crippen LogP contribution is -2.50. The molecule has 0 atom stereocenters. The van der Waals surface area contributed by atoms with Crippen molar-refractivity contribution in [2.24, 2.45) is 0 Å². The van der Waals surface area contributed by atoms with E-state index in [0.29, 0.717) is 37.1 Å². The predicted molar refractivity (Wildman–Crippen MR) is 99.7 cm³/mol. The number of nitrogens with zero attached hydrogens (tertiary/aromatic N) is 4. The fraction of sp³-hybridized carbons (Fsp3) is 0.294. The molecular formula is C17H17N5O3S. The van der Waals surface area contributed by atoms with E-state index in [9.17, 15) is 14.4 Å². The average molecular weight is 371 g/mol. The summed E-state index contributed by atoms with van der Waals surface area (Å²) < 4.78 is 1.33. The number of carbonyl (C=O) groups excluding carboxylic acids is 1. The van der Waals surface area contributed by atoms with Gasteiger partial charge < -0.3 is 9.80 Å². The Morgan fingerprint density at radius 2 is 1.92 bits per heavy atom. The van der Waals surface area contributed by atoms with Crippen LogP contribution in [-0.4, -0.2) is 51.5 Å². The molecule has 1 aromatic carbocycles. The number of hydrogen-bond acceptors (Lipinski definition) is 6. The molecule has 1 aliphatic heterocycles. The molecule has 4 rings (SSSR count). The van der Waals surface area contributed by atoms with Gasteiger partial charge >= 0.3 is 5.69 Å². The van der Waals surface area contributed by atoms with Crippen molar-refractivity contribution in [1.29, 1.82) is 0 Å². The van der Waals surface area contributed by atoms with Gasteiger partial charge in [-0.2, -0.15) is 0 Å². The number of amides is 1. The molecular weight excluding hydrogens is 354 g/mol. The van der Waals surface area contributed by atoms with Crippen molar-refractivity contribution in [3.05, 3.63) is 56.7 Å². The summed E-state index contributed by atoms with van der Waals surface area (Å²) in [6, 6.07) is 6.79. The normalized spacial score (nSPS) is 14.8. The summed E-state index contributed by atoms with van der Waals surface area (Å²) in [6.45, 7) is 2.48. The van der Waals surface area contributed by atoms with Crippen LogP contribution in [-0.2, 0) is 11.3 Å². The predicted octanol–water partition coefficient (Wildman–Crippen LogP) is 0.495. The van der Waals surface area contributed by atoms with Crippen molar-refractivity contribution in [2.75, 3.05) is 31.1 Å².